The van der Waals surface area contributed by atoms with Gasteiger partial charge in [-0.25, -0.2) is 9.97 Å². The van der Waals surface area contributed by atoms with Crippen LogP contribution >= 0.6 is 11.3 Å². The van der Waals surface area contributed by atoms with Gasteiger partial charge in [-0.1, -0.05) is 25.3 Å². The zero-order valence-electron chi connectivity index (χ0n) is 12.6. The van der Waals surface area contributed by atoms with Gasteiger partial charge in [0, 0.05) is 16.5 Å². The molecule has 1 aliphatic carbocycles. The van der Waals surface area contributed by atoms with Crippen molar-refractivity contribution in [2.75, 3.05) is 5.32 Å². The highest BCUT2D eigenvalue weighted by Gasteiger charge is 2.34. The molecule has 0 atom stereocenters. The predicted molar refractivity (Wildman–Crippen MR) is 84.5 cm³/mol. The number of thiophene rings is 1. The van der Waals surface area contributed by atoms with E-state index in [0.717, 1.165) is 43.0 Å². The molecule has 3 nitrogen and oxygen atoms in total. The molecule has 23 heavy (non-hydrogen) atoms. The van der Waals surface area contributed by atoms with Crippen LogP contribution in [-0.2, 0) is 12.7 Å². The van der Waals surface area contributed by atoms with Crippen LogP contribution in [0, 0.1) is 0 Å². The van der Waals surface area contributed by atoms with Crippen molar-refractivity contribution in [1.82, 2.24) is 9.97 Å². The zero-order chi connectivity index (χ0) is 16.3. The second kappa shape index (κ2) is 6.86. The maximum absolute atomic E-state index is 13.1. The highest BCUT2D eigenvalue weighted by molar-refractivity contribution is 7.09. The van der Waals surface area contributed by atoms with E-state index in [9.17, 15) is 13.2 Å². The summed E-state index contributed by atoms with van der Waals surface area (Å²) in [5, 5.41) is 4.86. The zero-order valence-corrected chi connectivity index (χ0v) is 13.4. The standard InChI is InChI=1S/C16H18F3N3S/c17-16(18,19)14-9-13(11-5-2-1-3-6-11)21-15(22-14)20-10-12-7-4-8-23-12/h4,7-9,11H,1-3,5-6,10H2,(H,20,21,22). The topological polar surface area (TPSA) is 37.8 Å². The largest absolute Gasteiger partial charge is 0.433 e. The van der Waals surface area contributed by atoms with Crippen molar-refractivity contribution in [3.63, 3.8) is 0 Å². The Kier molecular flexibility index (Phi) is 4.84. The van der Waals surface area contributed by atoms with Gasteiger partial charge in [0.1, 0.15) is 5.69 Å². The van der Waals surface area contributed by atoms with E-state index in [2.05, 4.69) is 15.3 Å². The number of halogens is 3. The lowest BCUT2D eigenvalue weighted by molar-refractivity contribution is -0.141. The first-order valence-corrected chi connectivity index (χ1v) is 8.63. The molecule has 3 rings (SSSR count). The lowest BCUT2D eigenvalue weighted by Gasteiger charge is -2.22. The van der Waals surface area contributed by atoms with Crippen molar-refractivity contribution in [3.05, 3.63) is 39.8 Å². The van der Waals surface area contributed by atoms with E-state index in [-0.39, 0.29) is 11.9 Å². The monoisotopic (exact) mass is 341 g/mol. The van der Waals surface area contributed by atoms with Gasteiger partial charge in [0.2, 0.25) is 5.95 Å². The molecule has 0 spiro atoms. The summed E-state index contributed by atoms with van der Waals surface area (Å²) in [5.74, 6) is 0.170. The fourth-order valence-electron chi connectivity index (χ4n) is 2.88. The van der Waals surface area contributed by atoms with Gasteiger partial charge in [-0.05, 0) is 30.4 Å². The molecule has 2 heterocycles. The summed E-state index contributed by atoms with van der Waals surface area (Å²) < 4.78 is 39.3. The SMILES string of the molecule is FC(F)(F)c1cc(C2CCCCC2)nc(NCc2cccs2)n1. The van der Waals surface area contributed by atoms with Gasteiger partial charge in [0.25, 0.3) is 0 Å². The molecule has 0 bridgehead atoms. The second-order valence-corrected chi connectivity index (χ2v) is 6.80. The minimum absolute atomic E-state index is 0.0637. The highest BCUT2D eigenvalue weighted by atomic mass is 32.1. The second-order valence-electron chi connectivity index (χ2n) is 5.77. The molecule has 2 aromatic heterocycles. The van der Waals surface area contributed by atoms with Gasteiger partial charge in [-0.3, -0.25) is 0 Å². The fraction of sp³-hybridized carbons (Fsp3) is 0.500. The van der Waals surface area contributed by atoms with Crippen molar-refractivity contribution in [3.8, 4) is 0 Å². The van der Waals surface area contributed by atoms with Crippen LogP contribution < -0.4 is 5.32 Å². The maximum Gasteiger partial charge on any atom is 0.433 e. The first-order valence-electron chi connectivity index (χ1n) is 7.75. The van der Waals surface area contributed by atoms with Crippen LogP contribution in [0.2, 0.25) is 0 Å². The lowest BCUT2D eigenvalue weighted by Crippen LogP contribution is -2.16. The van der Waals surface area contributed by atoms with Crippen LogP contribution in [0.25, 0.3) is 0 Å². The number of hydrogen-bond acceptors (Lipinski definition) is 4. The molecule has 0 aromatic carbocycles. The van der Waals surface area contributed by atoms with Crippen molar-refractivity contribution < 1.29 is 13.2 Å². The van der Waals surface area contributed by atoms with Gasteiger partial charge in [-0.2, -0.15) is 13.2 Å². The smallest absolute Gasteiger partial charge is 0.349 e. The number of rotatable bonds is 4. The number of alkyl halides is 3. The Morgan fingerprint density at radius 3 is 2.61 bits per heavy atom. The molecular formula is C16H18F3N3S. The third-order valence-electron chi connectivity index (χ3n) is 4.06. The summed E-state index contributed by atoms with van der Waals surface area (Å²) in [6.07, 6.45) is 0.599. The van der Waals surface area contributed by atoms with Crippen molar-refractivity contribution in [2.45, 2.75) is 50.7 Å². The van der Waals surface area contributed by atoms with Crippen LogP contribution in [0.3, 0.4) is 0 Å². The molecule has 1 N–H and O–H groups in total. The Bertz CT molecular complexity index is 635. The first-order chi connectivity index (χ1) is 11.0. The van der Waals surface area contributed by atoms with Crippen LogP contribution in [0.4, 0.5) is 19.1 Å². The molecule has 1 saturated carbocycles. The van der Waals surface area contributed by atoms with Gasteiger partial charge in [-0.15, -0.1) is 11.3 Å². The lowest BCUT2D eigenvalue weighted by atomic mass is 9.86. The molecular weight excluding hydrogens is 323 g/mol. The molecule has 7 heteroatoms. The quantitative estimate of drug-likeness (QED) is 0.829. The number of aromatic nitrogens is 2. The highest BCUT2D eigenvalue weighted by Crippen LogP contribution is 2.35. The minimum Gasteiger partial charge on any atom is -0.349 e. The van der Waals surface area contributed by atoms with E-state index >= 15 is 0 Å². The van der Waals surface area contributed by atoms with Gasteiger partial charge >= 0.3 is 6.18 Å². The van der Waals surface area contributed by atoms with E-state index in [4.69, 9.17) is 0 Å². The van der Waals surface area contributed by atoms with E-state index in [1.807, 2.05) is 17.5 Å². The fourth-order valence-corrected chi connectivity index (χ4v) is 3.52. The Balaban J connectivity index is 1.84. The Hall–Kier alpha value is -1.63. The number of nitrogens with one attached hydrogen (secondary N) is 1. The van der Waals surface area contributed by atoms with E-state index < -0.39 is 11.9 Å². The van der Waals surface area contributed by atoms with Gasteiger partial charge in [0.15, 0.2) is 0 Å². The molecule has 0 amide bonds. The van der Waals surface area contributed by atoms with Gasteiger partial charge in [0.05, 0.1) is 6.54 Å². The summed E-state index contributed by atoms with van der Waals surface area (Å²) in [6.45, 7) is 0.434. The van der Waals surface area contributed by atoms with Crippen LogP contribution in [0.5, 0.6) is 0 Å². The van der Waals surface area contributed by atoms with E-state index in [1.165, 1.54) is 0 Å². The number of nitrogens with zero attached hydrogens (tertiary/aromatic N) is 2. The molecule has 0 saturated heterocycles. The summed E-state index contributed by atoms with van der Waals surface area (Å²) in [4.78, 5) is 9.04. The molecule has 1 aliphatic rings. The Morgan fingerprint density at radius 1 is 1.17 bits per heavy atom. The number of anilines is 1. The first kappa shape index (κ1) is 16.2. The van der Waals surface area contributed by atoms with Crippen molar-refractivity contribution >= 4 is 17.3 Å². The average Bonchev–Trinajstić information content (AvgIpc) is 3.06. The molecule has 2 aromatic rings. The van der Waals surface area contributed by atoms with E-state index in [1.54, 1.807) is 11.3 Å². The summed E-state index contributed by atoms with van der Waals surface area (Å²) in [5.41, 5.74) is -0.345. The Morgan fingerprint density at radius 2 is 1.96 bits per heavy atom. The Labute approximate surface area is 137 Å². The molecule has 124 valence electrons. The summed E-state index contributed by atoms with van der Waals surface area (Å²) in [7, 11) is 0. The normalized spacial score (nSPS) is 16.5. The average molecular weight is 341 g/mol. The van der Waals surface area contributed by atoms with Crippen LogP contribution in [-0.4, -0.2) is 9.97 Å². The molecule has 0 radical (unpaired) electrons. The maximum atomic E-state index is 13.1. The minimum atomic E-state index is -4.45. The molecule has 0 unspecified atom stereocenters. The molecule has 0 aliphatic heterocycles. The third-order valence-corrected chi connectivity index (χ3v) is 4.94. The summed E-state index contributed by atoms with van der Waals surface area (Å²) in [6, 6.07) is 4.95. The van der Waals surface area contributed by atoms with E-state index in [0.29, 0.717) is 12.2 Å². The van der Waals surface area contributed by atoms with Crippen molar-refractivity contribution in [2.24, 2.45) is 0 Å². The van der Waals surface area contributed by atoms with Gasteiger partial charge < -0.3 is 5.32 Å². The third kappa shape index (κ3) is 4.22. The van der Waals surface area contributed by atoms with Crippen LogP contribution in [0.15, 0.2) is 23.6 Å². The van der Waals surface area contributed by atoms with Crippen LogP contribution in [0.1, 0.15) is 54.3 Å². The molecule has 1 fully saturated rings. The van der Waals surface area contributed by atoms with Crippen molar-refractivity contribution in [1.29, 1.82) is 0 Å². The number of hydrogen-bond donors (Lipinski definition) is 1. The summed E-state index contributed by atoms with van der Waals surface area (Å²) >= 11 is 1.54. The predicted octanol–water partition coefficient (Wildman–Crippen LogP) is 5.22.